The number of anilines is 1. The number of rotatable bonds is 12. The monoisotopic (exact) mass is 295 g/mol. The zero-order valence-corrected chi connectivity index (χ0v) is 13.3. The van der Waals surface area contributed by atoms with E-state index in [0.717, 1.165) is 24.5 Å². The van der Waals surface area contributed by atoms with Gasteiger partial charge in [0, 0.05) is 13.2 Å². The Labute approximate surface area is 128 Å². The highest BCUT2D eigenvalue weighted by Crippen LogP contribution is 2.23. The number of hydrogen-bond donors (Lipinski definition) is 2. The van der Waals surface area contributed by atoms with E-state index in [1.54, 1.807) is 0 Å². The number of unbranched alkanes of at least 4 members (excludes halogenated alkanes) is 3. The lowest BCUT2D eigenvalue weighted by Gasteiger charge is -2.15. The highest BCUT2D eigenvalue weighted by atomic mass is 16.5. The van der Waals surface area contributed by atoms with Gasteiger partial charge in [0.15, 0.2) is 0 Å². The molecule has 1 atom stereocenters. The van der Waals surface area contributed by atoms with Crippen molar-refractivity contribution in [3.05, 3.63) is 24.3 Å². The Morgan fingerprint density at radius 2 is 1.95 bits per heavy atom. The molecule has 0 saturated heterocycles. The van der Waals surface area contributed by atoms with E-state index in [1.807, 2.05) is 31.2 Å². The first kappa shape index (κ1) is 17.8. The predicted octanol–water partition coefficient (Wildman–Crippen LogP) is 3.46. The topological polar surface area (TPSA) is 50.7 Å². The van der Waals surface area contributed by atoms with Crippen LogP contribution in [-0.2, 0) is 4.74 Å². The minimum Gasteiger partial charge on any atom is -0.492 e. The van der Waals surface area contributed by atoms with Crippen LogP contribution in [0.3, 0.4) is 0 Å². The standard InChI is InChI=1S/C17H29NO3/c1-3-5-6-9-12-20-14-15(19)13-18-16-10-7-8-11-17(16)21-4-2/h7-8,10-11,15,18-19H,3-6,9,12-14H2,1-2H3. The van der Waals surface area contributed by atoms with Gasteiger partial charge in [0.1, 0.15) is 5.75 Å². The van der Waals surface area contributed by atoms with Gasteiger partial charge in [-0.3, -0.25) is 0 Å². The molecule has 1 unspecified atom stereocenters. The highest BCUT2D eigenvalue weighted by Gasteiger charge is 2.07. The summed E-state index contributed by atoms with van der Waals surface area (Å²) < 4.78 is 11.0. The number of ether oxygens (including phenoxy) is 2. The SMILES string of the molecule is CCCCCCOCC(O)CNc1ccccc1OCC. The largest absolute Gasteiger partial charge is 0.492 e. The maximum absolute atomic E-state index is 9.91. The molecular weight excluding hydrogens is 266 g/mol. The van der Waals surface area contributed by atoms with Crippen molar-refractivity contribution >= 4 is 5.69 Å². The molecule has 1 rings (SSSR count). The third kappa shape index (κ3) is 7.93. The maximum atomic E-state index is 9.91. The van der Waals surface area contributed by atoms with E-state index in [1.165, 1.54) is 19.3 Å². The molecule has 0 fully saturated rings. The molecule has 0 heterocycles. The number of benzene rings is 1. The van der Waals surface area contributed by atoms with E-state index in [9.17, 15) is 5.11 Å². The number of aliphatic hydroxyl groups excluding tert-OH is 1. The van der Waals surface area contributed by atoms with Gasteiger partial charge < -0.3 is 19.9 Å². The molecule has 0 spiro atoms. The molecule has 1 aromatic rings. The van der Waals surface area contributed by atoms with Crippen LogP contribution >= 0.6 is 0 Å². The summed E-state index contributed by atoms with van der Waals surface area (Å²) in [6.07, 6.45) is 4.24. The van der Waals surface area contributed by atoms with Gasteiger partial charge in [0.05, 0.1) is 25.0 Å². The van der Waals surface area contributed by atoms with Crippen LogP contribution in [0, 0.1) is 0 Å². The highest BCUT2D eigenvalue weighted by molar-refractivity contribution is 5.56. The van der Waals surface area contributed by atoms with Crippen LogP contribution in [0.25, 0.3) is 0 Å². The van der Waals surface area contributed by atoms with Crippen molar-refractivity contribution in [3.8, 4) is 5.75 Å². The van der Waals surface area contributed by atoms with Gasteiger partial charge in [0.25, 0.3) is 0 Å². The number of hydrogen-bond acceptors (Lipinski definition) is 4. The van der Waals surface area contributed by atoms with E-state index in [4.69, 9.17) is 9.47 Å². The molecule has 0 aliphatic carbocycles. The molecule has 0 aliphatic rings. The smallest absolute Gasteiger partial charge is 0.142 e. The molecule has 1 aromatic carbocycles. The second-order valence-corrected chi connectivity index (χ2v) is 5.10. The van der Waals surface area contributed by atoms with Crippen molar-refractivity contribution in [1.82, 2.24) is 0 Å². The lowest BCUT2D eigenvalue weighted by molar-refractivity contribution is 0.0416. The molecule has 0 bridgehead atoms. The Kier molecular flexibility index (Phi) is 9.66. The fraction of sp³-hybridized carbons (Fsp3) is 0.647. The lowest BCUT2D eigenvalue weighted by Crippen LogP contribution is -2.25. The van der Waals surface area contributed by atoms with E-state index < -0.39 is 6.10 Å². The van der Waals surface area contributed by atoms with Crippen LogP contribution in [0.5, 0.6) is 5.75 Å². The minimum atomic E-state index is -0.508. The first-order valence-electron chi connectivity index (χ1n) is 7.99. The van der Waals surface area contributed by atoms with Crippen molar-refractivity contribution in [2.45, 2.75) is 45.6 Å². The molecule has 0 aliphatic heterocycles. The van der Waals surface area contributed by atoms with Gasteiger partial charge in [-0.05, 0) is 25.5 Å². The van der Waals surface area contributed by atoms with Gasteiger partial charge in [-0.1, -0.05) is 38.3 Å². The van der Waals surface area contributed by atoms with Gasteiger partial charge in [-0.15, -0.1) is 0 Å². The fourth-order valence-corrected chi connectivity index (χ4v) is 2.03. The summed E-state index contributed by atoms with van der Waals surface area (Å²) in [5.41, 5.74) is 0.904. The molecule has 0 radical (unpaired) electrons. The summed E-state index contributed by atoms with van der Waals surface area (Å²) in [4.78, 5) is 0. The minimum absolute atomic E-state index is 0.371. The average molecular weight is 295 g/mol. The van der Waals surface area contributed by atoms with E-state index in [2.05, 4.69) is 12.2 Å². The first-order valence-corrected chi connectivity index (χ1v) is 7.99. The number of aliphatic hydroxyl groups is 1. The summed E-state index contributed by atoms with van der Waals surface area (Å²) in [5, 5.41) is 13.1. The molecule has 0 amide bonds. The maximum Gasteiger partial charge on any atom is 0.142 e. The molecule has 2 N–H and O–H groups in total. The van der Waals surface area contributed by atoms with E-state index >= 15 is 0 Å². The van der Waals surface area contributed by atoms with Crippen LogP contribution in [0.4, 0.5) is 5.69 Å². The normalized spacial score (nSPS) is 12.1. The van der Waals surface area contributed by atoms with Gasteiger partial charge in [-0.2, -0.15) is 0 Å². The lowest BCUT2D eigenvalue weighted by atomic mass is 10.2. The van der Waals surface area contributed by atoms with Gasteiger partial charge in [0.2, 0.25) is 0 Å². The summed E-state index contributed by atoms with van der Waals surface area (Å²) in [6.45, 7) is 6.33. The predicted molar refractivity (Wildman–Crippen MR) is 87.1 cm³/mol. The van der Waals surface area contributed by atoms with Crippen LogP contribution in [0.15, 0.2) is 24.3 Å². The molecule has 0 saturated carbocycles. The third-order valence-electron chi connectivity index (χ3n) is 3.17. The molecule has 120 valence electrons. The van der Waals surface area contributed by atoms with E-state index in [0.29, 0.717) is 19.8 Å². The summed E-state index contributed by atoms with van der Waals surface area (Å²) >= 11 is 0. The molecule has 4 nitrogen and oxygen atoms in total. The second-order valence-electron chi connectivity index (χ2n) is 5.10. The zero-order valence-electron chi connectivity index (χ0n) is 13.3. The number of para-hydroxylation sites is 2. The molecule has 21 heavy (non-hydrogen) atoms. The fourth-order valence-electron chi connectivity index (χ4n) is 2.03. The van der Waals surface area contributed by atoms with Crippen molar-refractivity contribution in [2.75, 3.05) is 31.7 Å². The van der Waals surface area contributed by atoms with Crippen LogP contribution in [-0.4, -0.2) is 37.6 Å². The Balaban J connectivity index is 2.19. The molecule has 0 aromatic heterocycles. The van der Waals surface area contributed by atoms with Gasteiger partial charge in [-0.25, -0.2) is 0 Å². The van der Waals surface area contributed by atoms with Crippen LogP contribution < -0.4 is 10.1 Å². The van der Waals surface area contributed by atoms with Crippen molar-refractivity contribution in [1.29, 1.82) is 0 Å². The summed E-state index contributed by atoms with van der Waals surface area (Å²) in [7, 11) is 0. The first-order chi connectivity index (χ1) is 10.3. The number of nitrogens with one attached hydrogen (secondary N) is 1. The quantitative estimate of drug-likeness (QED) is 0.580. The molecule has 4 heteroatoms. The van der Waals surface area contributed by atoms with Gasteiger partial charge >= 0.3 is 0 Å². The van der Waals surface area contributed by atoms with E-state index in [-0.39, 0.29) is 0 Å². The summed E-state index contributed by atoms with van der Waals surface area (Å²) in [6, 6.07) is 7.75. The van der Waals surface area contributed by atoms with Crippen LogP contribution in [0.2, 0.25) is 0 Å². The second kappa shape index (κ2) is 11.4. The summed E-state index contributed by atoms with van der Waals surface area (Å²) in [5.74, 6) is 0.813. The zero-order chi connectivity index (χ0) is 15.3. The van der Waals surface area contributed by atoms with Crippen molar-refractivity contribution in [3.63, 3.8) is 0 Å². The average Bonchev–Trinajstić information content (AvgIpc) is 2.50. The Morgan fingerprint density at radius 1 is 1.14 bits per heavy atom. The Bertz CT molecular complexity index is 371. The van der Waals surface area contributed by atoms with Crippen molar-refractivity contribution in [2.24, 2.45) is 0 Å². The Morgan fingerprint density at radius 3 is 2.71 bits per heavy atom. The Hall–Kier alpha value is -1.26. The van der Waals surface area contributed by atoms with Crippen LogP contribution in [0.1, 0.15) is 39.5 Å². The molecular formula is C17H29NO3. The van der Waals surface area contributed by atoms with Crippen molar-refractivity contribution < 1.29 is 14.6 Å². The third-order valence-corrected chi connectivity index (χ3v) is 3.17.